The van der Waals surface area contributed by atoms with E-state index in [4.69, 9.17) is 0 Å². The van der Waals surface area contributed by atoms with E-state index in [1.807, 2.05) is 39.8 Å². The molecule has 0 aliphatic rings. The number of nitrogens with zero attached hydrogens (tertiary/aromatic N) is 3. The van der Waals surface area contributed by atoms with Crippen molar-refractivity contribution >= 4 is 15.2 Å². The maximum Gasteiger partial charge on any atom is 0.344 e. The molecule has 4 N–H and O–H groups in total. The summed E-state index contributed by atoms with van der Waals surface area (Å²) in [6.45, 7) is 10.2. The fraction of sp³-hybridized carbons (Fsp3) is 0.600. The Morgan fingerprint density at radius 1 is 0.968 bits per heavy atom. The highest BCUT2D eigenvalue weighted by molar-refractivity contribution is 7.72. The van der Waals surface area contributed by atoms with Crippen LogP contribution < -0.4 is 0 Å². The van der Waals surface area contributed by atoms with Crippen molar-refractivity contribution in [1.82, 2.24) is 15.0 Å². The third-order valence-corrected chi connectivity index (χ3v) is 9.33. The van der Waals surface area contributed by atoms with Crippen LogP contribution in [0.3, 0.4) is 0 Å². The molecule has 0 aliphatic heterocycles. The Bertz CT molecular complexity index is 893. The molecule has 0 radical (unpaired) electrons. The molecule has 0 bridgehead atoms. The number of hydrogen-bond donors (Lipinski definition) is 4. The smallest absolute Gasteiger partial charge is 0.324 e. The molecular weight excluding hydrogens is 440 g/mol. The number of rotatable bonds is 12. The van der Waals surface area contributed by atoms with Gasteiger partial charge in [-0.25, -0.2) is 0 Å². The SMILES string of the molecule is CC(C)=CCC/C(C)=C/CC(Cc1cn(CCC=C(C)C)nn1)(P(=O)(O)O)P(=O)(O)O. The number of aryl methyl sites for hydroxylation is 1. The fourth-order valence-electron chi connectivity index (χ4n) is 3.02. The summed E-state index contributed by atoms with van der Waals surface area (Å²) in [7, 11) is -10.4. The van der Waals surface area contributed by atoms with Crippen molar-refractivity contribution < 1.29 is 28.7 Å². The summed E-state index contributed by atoms with van der Waals surface area (Å²) >= 11 is 0. The van der Waals surface area contributed by atoms with Crippen molar-refractivity contribution in [2.24, 2.45) is 0 Å². The average molecular weight is 475 g/mol. The van der Waals surface area contributed by atoms with Crippen molar-refractivity contribution in [2.45, 2.75) is 78.2 Å². The Morgan fingerprint density at radius 2 is 1.52 bits per heavy atom. The highest BCUT2D eigenvalue weighted by Gasteiger charge is 2.59. The normalized spacial score (nSPS) is 13.3. The lowest BCUT2D eigenvalue weighted by molar-refractivity contribution is 0.305. The zero-order valence-corrected chi connectivity index (χ0v) is 20.7. The van der Waals surface area contributed by atoms with Gasteiger partial charge in [0, 0.05) is 19.2 Å². The summed E-state index contributed by atoms with van der Waals surface area (Å²) in [4.78, 5) is 37.5. The summed E-state index contributed by atoms with van der Waals surface area (Å²) in [5.74, 6) is 0. The fourth-order valence-corrected chi connectivity index (χ4v) is 5.77. The second-order valence-electron chi connectivity index (χ2n) is 8.37. The number of hydrogen-bond acceptors (Lipinski definition) is 4. The lowest BCUT2D eigenvalue weighted by atomic mass is 10.1. The topological polar surface area (TPSA) is 146 Å². The van der Waals surface area contributed by atoms with Gasteiger partial charge in [0.1, 0.15) is 0 Å². The third-order valence-electron chi connectivity index (χ3n) is 4.91. The van der Waals surface area contributed by atoms with Gasteiger partial charge in [-0.05, 0) is 60.3 Å². The van der Waals surface area contributed by atoms with E-state index in [2.05, 4.69) is 10.3 Å². The Balaban J connectivity index is 3.17. The molecule has 0 spiro atoms. The molecule has 176 valence electrons. The monoisotopic (exact) mass is 475 g/mol. The zero-order chi connectivity index (χ0) is 23.9. The first kappa shape index (κ1) is 27.7. The first-order chi connectivity index (χ1) is 14.2. The molecule has 9 nitrogen and oxygen atoms in total. The van der Waals surface area contributed by atoms with E-state index < -0.39 is 32.9 Å². The van der Waals surface area contributed by atoms with Crippen molar-refractivity contribution in [3.8, 4) is 0 Å². The van der Waals surface area contributed by atoms with Gasteiger partial charge in [-0.3, -0.25) is 13.8 Å². The van der Waals surface area contributed by atoms with Crippen LogP contribution in [-0.2, 0) is 22.1 Å². The molecular formula is C20H35N3O6P2. The first-order valence-corrected chi connectivity index (χ1v) is 13.3. The lowest BCUT2D eigenvalue weighted by Gasteiger charge is -2.33. The molecule has 0 atom stereocenters. The standard InChI is InChI=1S/C20H35N3O6P2/c1-16(2)8-6-10-18(5)11-12-20(30(24,25)26,31(27,28)29)14-19-15-23(22-21-19)13-7-9-17(3)4/h8-9,11,15H,6-7,10,12-14H2,1-5H3,(H2,24,25,26)(H2,27,28,29)/b18-11+. The minimum absolute atomic E-state index is 0.124. The Labute approximate surface area is 184 Å². The van der Waals surface area contributed by atoms with Crippen LogP contribution in [0.4, 0.5) is 0 Å². The second kappa shape index (κ2) is 11.5. The highest BCUT2D eigenvalue weighted by atomic mass is 31.2. The van der Waals surface area contributed by atoms with E-state index in [1.54, 1.807) is 6.92 Å². The average Bonchev–Trinajstić information content (AvgIpc) is 3.03. The van der Waals surface area contributed by atoms with Crippen LogP contribution in [0.1, 0.15) is 66.0 Å². The van der Waals surface area contributed by atoms with E-state index in [1.165, 1.54) is 17.0 Å². The van der Waals surface area contributed by atoms with Crippen LogP contribution in [0.25, 0.3) is 0 Å². The molecule has 1 aromatic rings. The van der Waals surface area contributed by atoms with Crippen molar-refractivity contribution in [3.63, 3.8) is 0 Å². The molecule has 0 saturated heterocycles. The zero-order valence-electron chi connectivity index (χ0n) is 18.9. The summed E-state index contributed by atoms with van der Waals surface area (Å²) in [5, 5.41) is 7.82. The molecule has 1 aromatic heterocycles. The molecule has 0 fully saturated rings. The molecule has 0 aliphatic carbocycles. The predicted molar refractivity (Wildman–Crippen MR) is 122 cm³/mol. The van der Waals surface area contributed by atoms with Crippen LogP contribution in [0.2, 0.25) is 0 Å². The first-order valence-electron chi connectivity index (χ1n) is 10.1. The van der Waals surface area contributed by atoms with Gasteiger partial charge in [-0.2, -0.15) is 0 Å². The molecule has 1 heterocycles. The van der Waals surface area contributed by atoms with Gasteiger partial charge >= 0.3 is 15.2 Å². The van der Waals surface area contributed by atoms with Crippen LogP contribution in [0.5, 0.6) is 0 Å². The summed E-state index contributed by atoms with van der Waals surface area (Å²) < 4.78 is 26.2. The summed E-state index contributed by atoms with van der Waals surface area (Å²) in [6.07, 6.45) is 8.05. The molecule has 0 aromatic carbocycles. The van der Waals surface area contributed by atoms with E-state index in [-0.39, 0.29) is 5.69 Å². The third kappa shape index (κ3) is 8.60. The maximum absolute atomic E-state index is 12.4. The quantitative estimate of drug-likeness (QED) is 0.258. The van der Waals surface area contributed by atoms with E-state index in [0.29, 0.717) is 19.4 Å². The van der Waals surface area contributed by atoms with E-state index in [9.17, 15) is 28.7 Å². The van der Waals surface area contributed by atoms with Crippen LogP contribution in [0, 0.1) is 0 Å². The maximum atomic E-state index is 12.4. The minimum Gasteiger partial charge on any atom is -0.324 e. The van der Waals surface area contributed by atoms with Crippen LogP contribution >= 0.6 is 15.2 Å². The van der Waals surface area contributed by atoms with E-state index >= 15 is 0 Å². The molecule has 31 heavy (non-hydrogen) atoms. The second-order valence-corrected chi connectivity index (χ2v) is 12.6. The molecule has 0 saturated carbocycles. The van der Waals surface area contributed by atoms with Gasteiger partial charge in [0.2, 0.25) is 0 Å². The van der Waals surface area contributed by atoms with Crippen LogP contribution in [0.15, 0.2) is 41.1 Å². The summed E-state index contributed by atoms with van der Waals surface area (Å²) in [6, 6.07) is 0. The number of allylic oxidation sites excluding steroid dienone is 6. The van der Waals surface area contributed by atoms with Gasteiger partial charge in [0.25, 0.3) is 0 Å². The van der Waals surface area contributed by atoms with E-state index in [0.717, 1.165) is 23.1 Å². The Kier molecular flexibility index (Phi) is 10.3. The highest BCUT2D eigenvalue weighted by Crippen LogP contribution is 2.71. The Hall–Kier alpha value is -1.34. The van der Waals surface area contributed by atoms with Crippen molar-refractivity contribution in [3.05, 3.63) is 46.8 Å². The van der Waals surface area contributed by atoms with Gasteiger partial charge in [-0.15, -0.1) is 5.10 Å². The van der Waals surface area contributed by atoms with Crippen LogP contribution in [-0.4, -0.2) is 39.5 Å². The van der Waals surface area contributed by atoms with Gasteiger partial charge in [-0.1, -0.05) is 40.2 Å². The van der Waals surface area contributed by atoms with Gasteiger partial charge < -0.3 is 19.6 Å². The lowest BCUT2D eigenvalue weighted by Crippen LogP contribution is -2.31. The van der Waals surface area contributed by atoms with Gasteiger partial charge in [0.15, 0.2) is 4.90 Å². The summed E-state index contributed by atoms with van der Waals surface area (Å²) in [5.41, 5.74) is 3.22. The molecule has 0 unspecified atom stereocenters. The molecule has 11 heteroatoms. The molecule has 1 rings (SSSR count). The minimum atomic E-state index is -5.22. The largest absolute Gasteiger partial charge is 0.344 e. The Morgan fingerprint density at radius 3 is 2.03 bits per heavy atom. The number of aromatic nitrogens is 3. The van der Waals surface area contributed by atoms with Crippen molar-refractivity contribution in [1.29, 1.82) is 0 Å². The van der Waals surface area contributed by atoms with Crippen molar-refractivity contribution in [2.75, 3.05) is 0 Å². The molecule has 0 amide bonds. The predicted octanol–water partition coefficient (Wildman–Crippen LogP) is 4.31. The van der Waals surface area contributed by atoms with Gasteiger partial charge in [0.05, 0.1) is 5.69 Å².